The van der Waals surface area contributed by atoms with Crippen LogP contribution in [0.1, 0.15) is 24.2 Å². The van der Waals surface area contributed by atoms with Crippen molar-refractivity contribution in [2.75, 3.05) is 7.11 Å². The number of aliphatic carboxylic acids is 1. The van der Waals surface area contributed by atoms with Crippen LogP contribution in [0.4, 0.5) is 4.39 Å². The molecular weight excluding hydrogens is 241 g/mol. The van der Waals surface area contributed by atoms with Crippen LogP contribution in [0.3, 0.4) is 0 Å². The molecule has 0 saturated heterocycles. The second-order valence-corrected chi connectivity index (χ2v) is 4.23. The Labute approximate surface area is 104 Å². The summed E-state index contributed by atoms with van der Waals surface area (Å²) in [6, 6.07) is 3.45. The van der Waals surface area contributed by atoms with E-state index in [1.165, 1.54) is 27.0 Å². The Morgan fingerprint density at radius 3 is 2.50 bits per heavy atom. The number of hydrogen-bond acceptors (Lipinski definition) is 3. The maximum atomic E-state index is 13.1. The summed E-state index contributed by atoms with van der Waals surface area (Å²) < 4.78 is 18.0. The van der Waals surface area contributed by atoms with E-state index >= 15 is 0 Å². The number of carbonyl (C=O) groups excluding carboxylic acids is 1. The van der Waals surface area contributed by atoms with E-state index in [0.717, 1.165) is 12.1 Å². The summed E-state index contributed by atoms with van der Waals surface area (Å²) in [5.41, 5.74) is -1.50. The first kappa shape index (κ1) is 14.0. The minimum Gasteiger partial charge on any atom is -0.496 e. The largest absolute Gasteiger partial charge is 0.496 e. The number of methoxy groups -OCH3 is 1. The predicted octanol–water partition coefficient (Wildman–Crippen LogP) is 1.43. The molecule has 0 atom stereocenters. The Morgan fingerprint density at radius 1 is 1.39 bits per heavy atom. The molecule has 0 aromatic heterocycles. The van der Waals surface area contributed by atoms with Gasteiger partial charge in [0.2, 0.25) is 0 Å². The molecule has 1 rings (SSSR count). The van der Waals surface area contributed by atoms with Crippen LogP contribution in [-0.4, -0.2) is 29.6 Å². The van der Waals surface area contributed by atoms with Crippen LogP contribution < -0.4 is 10.1 Å². The second-order valence-electron chi connectivity index (χ2n) is 4.23. The number of benzene rings is 1. The molecule has 0 aliphatic rings. The topological polar surface area (TPSA) is 75.6 Å². The maximum absolute atomic E-state index is 13.1. The van der Waals surface area contributed by atoms with Crippen molar-refractivity contribution in [3.8, 4) is 5.75 Å². The first-order valence-electron chi connectivity index (χ1n) is 5.17. The van der Waals surface area contributed by atoms with Gasteiger partial charge in [-0.15, -0.1) is 0 Å². The molecule has 0 aliphatic heterocycles. The number of carbonyl (C=O) groups is 2. The highest BCUT2D eigenvalue weighted by Gasteiger charge is 2.30. The van der Waals surface area contributed by atoms with Crippen LogP contribution in [-0.2, 0) is 4.79 Å². The van der Waals surface area contributed by atoms with Gasteiger partial charge in [-0.25, -0.2) is 9.18 Å². The van der Waals surface area contributed by atoms with Gasteiger partial charge in [0, 0.05) is 0 Å². The van der Waals surface area contributed by atoms with Crippen molar-refractivity contribution in [3.63, 3.8) is 0 Å². The quantitative estimate of drug-likeness (QED) is 0.853. The van der Waals surface area contributed by atoms with Crippen molar-refractivity contribution in [2.24, 2.45) is 0 Å². The molecule has 0 saturated carbocycles. The van der Waals surface area contributed by atoms with Gasteiger partial charge in [-0.05, 0) is 32.0 Å². The Hall–Kier alpha value is -2.11. The van der Waals surface area contributed by atoms with Crippen molar-refractivity contribution >= 4 is 11.9 Å². The number of nitrogens with one attached hydrogen (secondary N) is 1. The molecule has 0 aliphatic carbocycles. The predicted molar refractivity (Wildman–Crippen MR) is 62.1 cm³/mol. The number of halogens is 1. The second kappa shape index (κ2) is 5.03. The van der Waals surface area contributed by atoms with Gasteiger partial charge in [-0.3, -0.25) is 4.79 Å². The van der Waals surface area contributed by atoms with Crippen molar-refractivity contribution in [1.29, 1.82) is 0 Å². The van der Waals surface area contributed by atoms with Gasteiger partial charge < -0.3 is 15.2 Å². The highest BCUT2D eigenvalue weighted by Crippen LogP contribution is 2.20. The van der Waals surface area contributed by atoms with Crippen LogP contribution >= 0.6 is 0 Å². The smallest absolute Gasteiger partial charge is 0.328 e. The molecule has 0 fully saturated rings. The fraction of sp³-hybridized carbons (Fsp3) is 0.333. The lowest BCUT2D eigenvalue weighted by molar-refractivity contribution is -0.143. The number of hydrogen-bond donors (Lipinski definition) is 2. The van der Waals surface area contributed by atoms with E-state index in [0.29, 0.717) is 0 Å². The average Bonchev–Trinajstić information content (AvgIpc) is 2.28. The summed E-state index contributed by atoms with van der Waals surface area (Å²) >= 11 is 0. The van der Waals surface area contributed by atoms with Gasteiger partial charge in [0.15, 0.2) is 0 Å². The fourth-order valence-corrected chi connectivity index (χ4v) is 1.26. The third kappa shape index (κ3) is 2.97. The molecule has 0 bridgehead atoms. The molecule has 0 radical (unpaired) electrons. The van der Waals surface area contributed by atoms with Crippen molar-refractivity contribution in [1.82, 2.24) is 5.32 Å². The monoisotopic (exact) mass is 255 g/mol. The van der Waals surface area contributed by atoms with E-state index in [1.807, 2.05) is 0 Å². The van der Waals surface area contributed by atoms with E-state index in [4.69, 9.17) is 9.84 Å². The first-order chi connectivity index (χ1) is 8.27. The lowest BCUT2D eigenvalue weighted by atomic mass is 10.0. The summed E-state index contributed by atoms with van der Waals surface area (Å²) in [6.45, 7) is 2.66. The van der Waals surface area contributed by atoms with Gasteiger partial charge in [0.05, 0.1) is 12.7 Å². The third-order valence-electron chi connectivity index (χ3n) is 2.37. The van der Waals surface area contributed by atoms with Crippen LogP contribution in [0.5, 0.6) is 5.75 Å². The van der Waals surface area contributed by atoms with Crippen molar-refractivity contribution in [3.05, 3.63) is 29.6 Å². The number of carboxylic acids is 1. The Bertz CT molecular complexity index is 485. The molecule has 5 nitrogen and oxygen atoms in total. The van der Waals surface area contributed by atoms with Crippen LogP contribution in [0.2, 0.25) is 0 Å². The molecule has 1 amide bonds. The standard InChI is InChI=1S/C12H14FNO4/c1-12(2,11(16)17)14-10(15)8-6-7(13)4-5-9(8)18-3/h4-6H,1-3H3,(H,14,15)(H,16,17). The van der Waals surface area contributed by atoms with Gasteiger partial charge in [-0.2, -0.15) is 0 Å². The minimum atomic E-state index is -1.45. The maximum Gasteiger partial charge on any atom is 0.328 e. The van der Waals surface area contributed by atoms with E-state index < -0.39 is 23.2 Å². The molecule has 0 heterocycles. The summed E-state index contributed by atoms with van der Waals surface area (Å²) in [5.74, 6) is -2.32. The summed E-state index contributed by atoms with van der Waals surface area (Å²) in [4.78, 5) is 22.8. The molecule has 1 aromatic carbocycles. The van der Waals surface area contributed by atoms with Crippen LogP contribution in [0, 0.1) is 5.82 Å². The van der Waals surface area contributed by atoms with Gasteiger partial charge >= 0.3 is 5.97 Å². The molecule has 1 aromatic rings. The van der Waals surface area contributed by atoms with E-state index in [-0.39, 0.29) is 11.3 Å². The average molecular weight is 255 g/mol. The van der Waals surface area contributed by atoms with Crippen LogP contribution in [0.25, 0.3) is 0 Å². The highest BCUT2D eigenvalue weighted by molar-refractivity contribution is 5.99. The molecule has 0 unspecified atom stereocenters. The Balaban J connectivity index is 3.04. The van der Waals surface area contributed by atoms with E-state index in [1.54, 1.807) is 0 Å². The zero-order valence-corrected chi connectivity index (χ0v) is 10.3. The van der Waals surface area contributed by atoms with Crippen LogP contribution in [0.15, 0.2) is 18.2 Å². The van der Waals surface area contributed by atoms with Gasteiger partial charge in [0.1, 0.15) is 17.1 Å². The highest BCUT2D eigenvalue weighted by atomic mass is 19.1. The number of amides is 1. The molecule has 0 spiro atoms. The zero-order valence-electron chi connectivity index (χ0n) is 10.3. The number of carboxylic acid groups (broad SMARTS) is 1. The number of ether oxygens (including phenoxy) is 1. The third-order valence-corrected chi connectivity index (χ3v) is 2.37. The van der Waals surface area contributed by atoms with Crippen molar-refractivity contribution in [2.45, 2.75) is 19.4 Å². The molecular formula is C12H14FNO4. The fourth-order valence-electron chi connectivity index (χ4n) is 1.26. The first-order valence-corrected chi connectivity index (χ1v) is 5.17. The van der Waals surface area contributed by atoms with E-state index in [2.05, 4.69) is 5.32 Å². The lowest BCUT2D eigenvalue weighted by Gasteiger charge is -2.21. The van der Waals surface area contributed by atoms with Gasteiger partial charge in [0.25, 0.3) is 5.91 Å². The molecule has 98 valence electrons. The molecule has 6 heteroatoms. The zero-order chi connectivity index (χ0) is 13.9. The van der Waals surface area contributed by atoms with E-state index in [9.17, 15) is 14.0 Å². The Kier molecular flexibility index (Phi) is 3.90. The summed E-state index contributed by atoms with van der Waals surface area (Å²) in [5, 5.41) is 11.2. The Morgan fingerprint density at radius 2 is 2.00 bits per heavy atom. The van der Waals surface area contributed by atoms with Crippen molar-refractivity contribution < 1.29 is 23.8 Å². The number of rotatable bonds is 4. The molecule has 2 N–H and O–H groups in total. The SMILES string of the molecule is COc1ccc(F)cc1C(=O)NC(C)(C)C(=O)O. The summed E-state index contributed by atoms with van der Waals surface area (Å²) in [7, 11) is 1.34. The lowest BCUT2D eigenvalue weighted by Crippen LogP contribution is -2.49. The summed E-state index contributed by atoms with van der Waals surface area (Å²) in [6.07, 6.45) is 0. The van der Waals surface area contributed by atoms with Gasteiger partial charge in [-0.1, -0.05) is 0 Å². The normalized spacial score (nSPS) is 10.9. The minimum absolute atomic E-state index is 0.0492. The molecule has 18 heavy (non-hydrogen) atoms.